The van der Waals surface area contributed by atoms with Gasteiger partial charge < -0.3 is 9.47 Å². The van der Waals surface area contributed by atoms with E-state index in [1.165, 1.54) is 4.90 Å². The van der Waals surface area contributed by atoms with Crippen molar-refractivity contribution in [2.45, 2.75) is 6.42 Å². The van der Waals surface area contributed by atoms with E-state index in [9.17, 15) is 9.59 Å². The van der Waals surface area contributed by atoms with Crippen LogP contribution in [0.4, 0.5) is 4.79 Å². The number of halogens is 1. The lowest BCUT2D eigenvalue weighted by molar-refractivity contribution is -0.122. The molecule has 0 aliphatic carbocycles. The molecule has 0 N–H and O–H groups in total. The standard InChI is InChI=1S/C20H18INO4S/c1-25-16-11-14(10-15(21)18(16)26-2)12-17-19(23)22(20(24)27-17)9-8-13-6-4-3-5-7-13/h3-7,10-12H,8-9H2,1-2H3/b17-12+. The van der Waals surface area contributed by atoms with E-state index in [0.717, 1.165) is 26.5 Å². The zero-order chi connectivity index (χ0) is 19.4. The summed E-state index contributed by atoms with van der Waals surface area (Å²) >= 11 is 3.12. The Morgan fingerprint density at radius 2 is 1.85 bits per heavy atom. The maximum absolute atomic E-state index is 12.7. The Kier molecular flexibility index (Phi) is 6.43. The van der Waals surface area contributed by atoms with Crippen LogP contribution in [0.2, 0.25) is 0 Å². The molecular formula is C20H18INO4S. The number of methoxy groups -OCH3 is 2. The minimum atomic E-state index is -0.259. The largest absolute Gasteiger partial charge is 0.493 e. The molecule has 140 valence electrons. The SMILES string of the molecule is COc1cc(/C=C2/SC(=O)N(CCc3ccccc3)C2=O)cc(I)c1OC. The molecule has 1 fully saturated rings. The number of hydrogen-bond acceptors (Lipinski definition) is 5. The number of amides is 2. The third kappa shape index (κ3) is 4.47. The third-order valence-electron chi connectivity index (χ3n) is 4.09. The van der Waals surface area contributed by atoms with Gasteiger partial charge in [-0.25, -0.2) is 0 Å². The summed E-state index contributed by atoms with van der Waals surface area (Å²) in [5.74, 6) is 0.968. The third-order valence-corrected chi connectivity index (χ3v) is 5.80. The van der Waals surface area contributed by atoms with Crippen molar-refractivity contribution in [1.29, 1.82) is 0 Å². The molecule has 2 aromatic rings. The number of hydrogen-bond donors (Lipinski definition) is 0. The van der Waals surface area contributed by atoms with Gasteiger partial charge in [0.1, 0.15) is 0 Å². The number of carbonyl (C=O) groups is 2. The number of rotatable bonds is 6. The first-order valence-electron chi connectivity index (χ1n) is 8.24. The lowest BCUT2D eigenvalue weighted by atomic mass is 10.1. The molecule has 1 aliphatic rings. The molecule has 7 heteroatoms. The first-order chi connectivity index (χ1) is 13.0. The van der Waals surface area contributed by atoms with Gasteiger partial charge in [-0.3, -0.25) is 14.5 Å². The molecule has 2 amide bonds. The maximum atomic E-state index is 12.7. The summed E-state index contributed by atoms with van der Waals surface area (Å²) in [4.78, 5) is 26.7. The molecule has 1 aliphatic heterocycles. The summed E-state index contributed by atoms with van der Waals surface area (Å²) in [5.41, 5.74) is 1.88. The molecule has 0 unspecified atom stereocenters. The van der Waals surface area contributed by atoms with E-state index < -0.39 is 0 Å². The second-order valence-corrected chi connectivity index (χ2v) is 7.96. The molecule has 0 radical (unpaired) electrons. The maximum Gasteiger partial charge on any atom is 0.293 e. The molecule has 1 heterocycles. The van der Waals surface area contributed by atoms with E-state index in [1.54, 1.807) is 26.4 Å². The quantitative estimate of drug-likeness (QED) is 0.434. The van der Waals surface area contributed by atoms with Crippen molar-refractivity contribution in [1.82, 2.24) is 4.90 Å². The van der Waals surface area contributed by atoms with Crippen LogP contribution in [0.5, 0.6) is 11.5 Å². The van der Waals surface area contributed by atoms with Gasteiger partial charge in [0, 0.05) is 6.54 Å². The second-order valence-electron chi connectivity index (χ2n) is 5.81. The smallest absolute Gasteiger partial charge is 0.293 e. The van der Waals surface area contributed by atoms with Crippen molar-refractivity contribution in [2.75, 3.05) is 20.8 Å². The fourth-order valence-corrected chi connectivity index (χ4v) is 4.46. The van der Waals surface area contributed by atoms with Crippen molar-refractivity contribution in [3.63, 3.8) is 0 Å². The van der Waals surface area contributed by atoms with Crippen molar-refractivity contribution in [3.05, 3.63) is 62.1 Å². The Labute approximate surface area is 175 Å². The minimum Gasteiger partial charge on any atom is -0.493 e. The van der Waals surface area contributed by atoms with E-state index in [0.29, 0.717) is 29.4 Å². The summed E-state index contributed by atoms with van der Waals surface area (Å²) in [6.07, 6.45) is 2.36. The van der Waals surface area contributed by atoms with E-state index in [-0.39, 0.29) is 11.1 Å². The Morgan fingerprint density at radius 3 is 2.52 bits per heavy atom. The highest BCUT2D eigenvalue weighted by atomic mass is 127. The fourth-order valence-electron chi connectivity index (χ4n) is 2.75. The summed E-state index contributed by atoms with van der Waals surface area (Å²) in [6, 6.07) is 13.5. The van der Waals surface area contributed by atoms with Crippen LogP contribution in [0.1, 0.15) is 11.1 Å². The van der Waals surface area contributed by atoms with Crippen LogP contribution in [0.25, 0.3) is 6.08 Å². The molecule has 1 saturated heterocycles. The highest BCUT2D eigenvalue weighted by molar-refractivity contribution is 14.1. The topological polar surface area (TPSA) is 55.8 Å². The molecule has 0 aromatic heterocycles. The van der Waals surface area contributed by atoms with Crippen molar-refractivity contribution >= 4 is 51.6 Å². The lowest BCUT2D eigenvalue weighted by Gasteiger charge is -2.12. The predicted molar refractivity (Wildman–Crippen MR) is 115 cm³/mol. The molecule has 0 saturated carbocycles. The van der Waals surface area contributed by atoms with Gasteiger partial charge >= 0.3 is 0 Å². The highest BCUT2D eigenvalue weighted by Crippen LogP contribution is 2.37. The van der Waals surface area contributed by atoms with Gasteiger partial charge in [0.2, 0.25) is 0 Å². The number of thioether (sulfide) groups is 1. The number of benzene rings is 2. The van der Waals surface area contributed by atoms with E-state index in [4.69, 9.17) is 9.47 Å². The first-order valence-corrected chi connectivity index (χ1v) is 10.1. The average Bonchev–Trinajstić information content (AvgIpc) is 2.93. The van der Waals surface area contributed by atoms with Crippen molar-refractivity contribution < 1.29 is 19.1 Å². The minimum absolute atomic E-state index is 0.239. The summed E-state index contributed by atoms with van der Waals surface area (Å²) in [5, 5.41) is -0.239. The monoisotopic (exact) mass is 495 g/mol. The number of ether oxygens (including phenoxy) is 2. The normalized spacial score (nSPS) is 15.5. The molecule has 3 rings (SSSR count). The molecule has 0 spiro atoms. The lowest BCUT2D eigenvalue weighted by Crippen LogP contribution is -2.30. The second kappa shape index (κ2) is 8.79. The van der Waals surface area contributed by atoms with Crippen LogP contribution in [0.3, 0.4) is 0 Å². The molecule has 5 nitrogen and oxygen atoms in total. The fraction of sp³-hybridized carbons (Fsp3) is 0.200. The van der Waals surface area contributed by atoms with Gasteiger partial charge in [-0.05, 0) is 70.1 Å². The Bertz CT molecular complexity index is 898. The van der Waals surface area contributed by atoms with Crippen molar-refractivity contribution in [2.24, 2.45) is 0 Å². The van der Waals surface area contributed by atoms with E-state index in [2.05, 4.69) is 22.6 Å². The Hall–Kier alpha value is -2.00. The summed E-state index contributed by atoms with van der Waals surface area (Å²) in [7, 11) is 3.15. The average molecular weight is 495 g/mol. The van der Waals surface area contributed by atoms with Gasteiger partial charge in [0.25, 0.3) is 11.1 Å². The Balaban J connectivity index is 1.79. The molecule has 2 aromatic carbocycles. The number of carbonyl (C=O) groups excluding carboxylic acids is 2. The van der Waals surface area contributed by atoms with Crippen LogP contribution in [0, 0.1) is 3.57 Å². The van der Waals surface area contributed by atoms with Gasteiger partial charge in [-0.15, -0.1) is 0 Å². The van der Waals surface area contributed by atoms with Crippen molar-refractivity contribution in [3.8, 4) is 11.5 Å². The van der Waals surface area contributed by atoms with Crippen LogP contribution < -0.4 is 9.47 Å². The predicted octanol–water partition coefficient (Wildman–Crippen LogP) is 4.59. The van der Waals surface area contributed by atoms with Gasteiger partial charge in [0.15, 0.2) is 11.5 Å². The molecular weight excluding hydrogens is 477 g/mol. The highest BCUT2D eigenvalue weighted by Gasteiger charge is 2.34. The Morgan fingerprint density at radius 1 is 1.11 bits per heavy atom. The summed E-state index contributed by atoms with van der Waals surface area (Å²) < 4.78 is 11.5. The molecule has 27 heavy (non-hydrogen) atoms. The zero-order valence-electron chi connectivity index (χ0n) is 14.9. The number of imide groups is 1. The molecule has 0 atom stereocenters. The number of nitrogens with zero attached hydrogens (tertiary/aromatic N) is 1. The van der Waals surface area contributed by atoms with Crippen LogP contribution >= 0.6 is 34.4 Å². The first kappa shape index (κ1) is 19.8. The summed E-state index contributed by atoms with van der Waals surface area (Å²) in [6.45, 7) is 0.371. The van der Waals surface area contributed by atoms with Gasteiger partial charge in [-0.2, -0.15) is 0 Å². The van der Waals surface area contributed by atoms with E-state index >= 15 is 0 Å². The van der Waals surface area contributed by atoms with Crippen LogP contribution in [-0.4, -0.2) is 36.8 Å². The van der Waals surface area contributed by atoms with E-state index in [1.807, 2.05) is 36.4 Å². The van der Waals surface area contributed by atoms with Crippen LogP contribution in [-0.2, 0) is 11.2 Å². The molecule has 0 bridgehead atoms. The van der Waals surface area contributed by atoms with Gasteiger partial charge in [0.05, 0.1) is 22.7 Å². The van der Waals surface area contributed by atoms with Crippen LogP contribution in [0.15, 0.2) is 47.4 Å². The zero-order valence-corrected chi connectivity index (χ0v) is 17.9. The van der Waals surface area contributed by atoms with Gasteiger partial charge in [-0.1, -0.05) is 30.3 Å².